The second-order valence-electron chi connectivity index (χ2n) is 5.48. The highest BCUT2D eigenvalue weighted by molar-refractivity contribution is 7.89. The summed E-state index contributed by atoms with van der Waals surface area (Å²) in [5, 5.41) is 11.1. The van der Waals surface area contributed by atoms with E-state index >= 15 is 0 Å². The van der Waals surface area contributed by atoms with Crippen LogP contribution in [-0.4, -0.2) is 25.4 Å². The van der Waals surface area contributed by atoms with Crippen LogP contribution in [0.15, 0.2) is 17.0 Å². The lowest BCUT2D eigenvalue weighted by Crippen LogP contribution is -2.49. The molecular formula is C13H18ClN3O4S. The number of nitrogens with zero attached hydrogens (tertiary/aromatic N) is 1. The van der Waals surface area contributed by atoms with E-state index in [4.69, 9.17) is 17.3 Å². The molecule has 9 heteroatoms. The van der Waals surface area contributed by atoms with E-state index in [1.54, 1.807) is 0 Å². The third-order valence-electron chi connectivity index (χ3n) is 3.92. The largest absolute Gasteiger partial charge is 0.326 e. The summed E-state index contributed by atoms with van der Waals surface area (Å²) in [6.07, 6.45) is 3.28. The maximum absolute atomic E-state index is 12.4. The zero-order valence-corrected chi connectivity index (χ0v) is 13.7. The van der Waals surface area contributed by atoms with Gasteiger partial charge < -0.3 is 5.73 Å². The van der Waals surface area contributed by atoms with Gasteiger partial charge in [-0.15, -0.1) is 0 Å². The van der Waals surface area contributed by atoms with Crippen molar-refractivity contribution in [2.45, 2.75) is 49.6 Å². The number of nitro benzene ring substituents is 1. The van der Waals surface area contributed by atoms with Gasteiger partial charge in [-0.2, -0.15) is 0 Å². The topological polar surface area (TPSA) is 115 Å². The summed E-state index contributed by atoms with van der Waals surface area (Å²) >= 11 is 5.92. The van der Waals surface area contributed by atoms with E-state index in [9.17, 15) is 18.5 Å². The summed E-state index contributed by atoms with van der Waals surface area (Å²) in [6, 6.07) is 1.63. The summed E-state index contributed by atoms with van der Waals surface area (Å²) < 4.78 is 27.4. The highest BCUT2D eigenvalue weighted by Gasteiger charge is 2.29. The number of rotatable bonds is 4. The predicted molar refractivity (Wildman–Crippen MR) is 83.4 cm³/mol. The van der Waals surface area contributed by atoms with Gasteiger partial charge in [0.25, 0.3) is 5.69 Å². The SMILES string of the molecule is Cc1c(Cl)cc(S(=O)(=O)N[C@@H]2CCCC[C@H]2N)cc1[N+](=O)[O-]. The van der Waals surface area contributed by atoms with Crippen molar-refractivity contribution in [3.63, 3.8) is 0 Å². The van der Waals surface area contributed by atoms with Crippen LogP contribution in [0.5, 0.6) is 0 Å². The van der Waals surface area contributed by atoms with Gasteiger partial charge in [0.15, 0.2) is 0 Å². The van der Waals surface area contributed by atoms with Gasteiger partial charge in [0, 0.05) is 23.7 Å². The second kappa shape index (κ2) is 6.49. The standard InChI is InChI=1S/C13H18ClN3O4S/c1-8-10(14)6-9(7-13(8)17(18)19)22(20,21)16-12-5-3-2-4-11(12)15/h6-7,11-12,16H,2-5,15H2,1H3/t11-,12-/m1/s1. The molecule has 22 heavy (non-hydrogen) atoms. The van der Waals surface area contributed by atoms with Crippen molar-refractivity contribution in [3.8, 4) is 0 Å². The fourth-order valence-corrected chi connectivity index (χ4v) is 4.20. The molecule has 0 heterocycles. The molecule has 1 saturated carbocycles. The van der Waals surface area contributed by atoms with Crippen LogP contribution in [0.4, 0.5) is 5.69 Å². The first-order chi connectivity index (χ1) is 10.2. The Hall–Kier alpha value is -1.22. The van der Waals surface area contributed by atoms with Gasteiger partial charge in [0.05, 0.1) is 14.8 Å². The molecule has 1 aromatic carbocycles. The zero-order chi connectivity index (χ0) is 16.5. The first-order valence-corrected chi connectivity index (χ1v) is 8.81. The van der Waals surface area contributed by atoms with Crippen molar-refractivity contribution in [2.75, 3.05) is 0 Å². The van der Waals surface area contributed by atoms with Crippen molar-refractivity contribution in [1.29, 1.82) is 0 Å². The predicted octanol–water partition coefficient (Wildman–Crippen LogP) is 2.10. The van der Waals surface area contributed by atoms with Crippen LogP contribution in [0.1, 0.15) is 31.2 Å². The Bertz CT molecular complexity index is 693. The van der Waals surface area contributed by atoms with Crippen LogP contribution in [0.25, 0.3) is 0 Å². The fourth-order valence-electron chi connectivity index (χ4n) is 2.56. The van der Waals surface area contributed by atoms with Crippen molar-refractivity contribution >= 4 is 27.3 Å². The van der Waals surface area contributed by atoms with E-state index in [0.717, 1.165) is 25.3 Å². The summed E-state index contributed by atoms with van der Waals surface area (Å²) in [5.74, 6) is 0. The molecule has 0 aromatic heterocycles. The van der Waals surface area contributed by atoms with Crippen LogP contribution in [0.2, 0.25) is 5.02 Å². The van der Waals surface area contributed by atoms with E-state index in [0.29, 0.717) is 6.42 Å². The lowest BCUT2D eigenvalue weighted by Gasteiger charge is -2.29. The molecule has 1 aliphatic carbocycles. The lowest BCUT2D eigenvalue weighted by molar-refractivity contribution is -0.385. The van der Waals surface area contributed by atoms with Gasteiger partial charge in [0.1, 0.15) is 0 Å². The molecule has 2 atom stereocenters. The number of hydrogen-bond donors (Lipinski definition) is 2. The number of halogens is 1. The van der Waals surface area contributed by atoms with Gasteiger partial charge in [-0.3, -0.25) is 10.1 Å². The highest BCUT2D eigenvalue weighted by Crippen LogP contribution is 2.30. The van der Waals surface area contributed by atoms with Crippen molar-refractivity contribution < 1.29 is 13.3 Å². The Labute approximate surface area is 134 Å². The molecular weight excluding hydrogens is 330 g/mol. The van der Waals surface area contributed by atoms with Crippen molar-refractivity contribution in [1.82, 2.24) is 4.72 Å². The van der Waals surface area contributed by atoms with Gasteiger partial charge in [0.2, 0.25) is 10.0 Å². The highest BCUT2D eigenvalue weighted by atomic mass is 35.5. The molecule has 0 aliphatic heterocycles. The summed E-state index contributed by atoms with van der Waals surface area (Å²) in [4.78, 5) is 10.1. The maximum atomic E-state index is 12.4. The normalized spacial score (nSPS) is 22.5. The Morgan fingerprint density at radius 1 is 1.36 bits per heavy atom. The quantitative estimate of drug-likeness (QED) is 0.639. The molecule has 3 N–H and O–H groups in total. The molecule has 0 saturated heterocycles. The van der Waals surface area contributed by atoms with Crippen molar-refractivity contribution in [2.24, 2.45) is 5.73 Å². The van der Waals surface area contributed by atoms with E-state index in [1.807, 2.05) is 0 Å². The van der Waals surface area contributed by atoms with Crippen LogP contribution in [0.3, 0.4) is 0 Å². The van der Waals surface area contributed by atoms with Gasteiger partial charge in [-0.1, -0.05) is 24.4 Å². The third kappa shape index (κ3) is 3.57. The fraction of sp³-hybridized carbons (Fsp3) is 0.538. The van der Waals surface area contributed by atoms with E-state index in [2.05, 4.69) is 4.72 Å². The maximum Gasteiger partial charge on any atom is 0.275 e. The smallest absolute Gasteiger partial charge is 0.275 e. The number of nitrogens with one attached hydrogen (secondary N) is 1. The minimum absolute atomic E-state index is 0.0440. The van der Waals surface area contributed by atoms with Gasteiger partial charge in [-0.05, 0) is 25.8 Å². The van der Waals surface area contributed by atoms with Gasteiger partial charge in [-0.25, -0.2) is 13.1 Å². The minimum atomic E-state index is -3.91. The molecule has 7 nitrogen and oxygen atoms in total. The summed E-state index contributed by atoms with van der Waals surface area (Å²) in [7, 11) is -3.91. The Kier molecular flexibility index (Phi) is 5.06. The number of hydrogen-bond acceptors (Lipinski definition) is 5. The van der Waals surface area contributed by atoms with Crippen LogP contribution < -0.4 is 10.5 Å². The molecule has 0 radical (unpaired) electrons. The number of nitrogens with two attached hydrogens (primary N) is 1. The Morgan fingerprint density at radius 3 is 2.59 bits per heavy atom. The van der Waals surface area contributed by atoms with Crippen molar-refractivity contribution in [3.05, 3.63) is 32.8 Å². The first-order valence-electron chi connectivity index (χ1n) is 6.95. The minimum Gasteiger partial charge on any atom is -0.326 e. The van der Waals surface area contributed by atoms with E-state index < -0.39 is 14.9 Å². The average molecular weight is 348 g/mol. The van der Waals surface area contributed by atoms with E-state index in [-0.39, 0.29) is 33.3 Å². The molecule has 1 fully saturated rings. The van der Waals surface area contributed by atoms with Crippen LogP contribution >= 0.6 is 11.6 Å². The molecule has 0 spiro atoms. The van der Waals surface area contributed by atoms with E-state index in [1.165, 1.54) is 13.0 Å². The molecule has 0 bridgehead atoms. The molecule has 0 amide bonds. The average Bonchev–Trinajstić information content (AvgIpc) is 2.43. The Balaban J connectivity index is 2.35. The first kappa shape index (κ1) is 17.1. The molecule has 1 aliphatic rings. The number of nitro groups is 1. The van der Waals surface area contributed by atoms with Gasteiger partial charge >= 0.3 is 0 Å². The molecule has 0 unspecified atom stereocenters. The lowest BCUT2D eigenvalue weighted by atomic mass is 9.92. The number of sulfonamides is 1. The summed E-state index contributed by atoms with van der Waals surface area (Å²) in [6.45, 7) is 1.47. The molecule has 122 valence electrons. The van der Waals surface area contributed by atoms with Crippen LogP contribution in [-0.2, 0) is 10.0 Å². The zero-order valence-electron chi connectivity index (χ0n) is 12.1. The van der Waals surface area contributed by atoms with Crippen LogP contribution in [0, 0.1) is 17.0 Å². The monoisotopic (exact) mass is 347 g/mol. The molecule has 1 aromatic rings. The molecule has 2 rings (SSSR count). The second-order valence-corrected chi connectivity index (χ2v) is 7.60. The summed E-state index contributed by atoms with van der Waals surface area (Å²) in [5.41, 5.74) is 5.85. The number of benzene rings is 1. The third-order valence-corrected chi connectivity index (χ3v) is 5.79. The Morgan fingerprint density at radius 2 is 2.00 bits per heavy atom.